The van der Waals surface area contributed by atoms with Crippen molar-refractivity contribution in [2.45, 2.75) is 117 Å². The van der Waals surface area contributed by atoms with Gasteiger partial charge in [0, 0.05) is 42.7 Å². The summed E-state index contributed by atoms with van der Waals surface area (Å²) in [5.74, 6) is 3.95. The molecule has 0 radical (unpaired) electrons. The lowest BCUT2D eigenvalue weighted by molar-refractivity contribution is -0.141. The first-order chi connectivity index (χ1) is 22.6. The topological polar surface area (TPSA) is 83.4 Å². The summed E-state index contributed by atoms with van der Waals surface area (Å²) < 4.78 is 40.7. The van der Waals surface area contributed by atoms with Crippen LogP contribution in [0.25, 0.3) is 0 Å². The molecule has 4 atom stereocenters. The van der Waals surface area contributed by atoms with E-state index in [1.165, 1.54) is 37.5 Å². The quantitative estimate of drug-likeness (QED) is 0.244. The minimum Gasteiger partial charge on any atom is -0.363 e. The molecule has 0 bridgehead atoms. The zero-order valence-corrected chi connectivity index (χ0v) is 28.5. The summed E-state index contributed by atoms with van der Waals surface area (Å²) in [5.41, 5.74) is 3.62. The van der Waals surface area contributed by atoms with Crippen molar-refractivity contribution in [2.75, 3.05) is 29.9 Å². The van der Waals surface area contributed by atoms with Crippen LogP contribution in [0, 0.1) is 17.8 Å². The summed E-state index contributed by atoms with van der Waals surface area (Å²) in [6.07, 6.45) is 9.99. The van der Waals surface area contributed by atoms with Crippen LogP contribution < -0.4 is 10.2 Å². The molecule has 2 aromatic heterocycles. The Labute approximate surface area is 278 Å². The summed E-state index contributed by atoms with van der Waals surface area (Å²) in [4.78, 5) is 32.8. The van der Waals surface area contributed by atoms with Gasteiger partial charge in [-0.3, -0.25) is 14.8 Å². The molecule has 0 aromatic carbocycles. The van der Waals surface area contributed by atoms with E-state index in [2.05, 4.69) is 41.0 Å². The number of alkyl halides is 3. The Morgan fingerprint density at radius 3 is 2.57 bits per heavy atom. The number of piperidine rings is 1. The minimum atomic E-state index is -4.51. The largest absolute Gasteiger partial charge is 0.433 e. The second-order valence-electron chi connectivity index (χ2n) is 13.8. The Kier molecular flexibility index (Phi) is 11.7. The highest BCUT2D eigenvalue weighted by molar-refractivity contribution is 6.01. The fourth-order valence-corrected chi connectivity index (χ4v) is 7.78. The van der Waals surface area contributed by atoms with Gasteiger partial charge in [-0.2, -0.15) is 13.2 Å². The predicted molar refractivity (Wildman–Crippen MR) is 182 cm³/mol. The van der Waals surface area contributed by atoms with Gasteiger partial charge in [0.05, 0.1) is 6.54 Å². The van der Waals surface area contributed by atoms with Gasteiger partial charge in [0.25, 0.3) is 0 Å². The average molecular weight is 653 g/mol. The van der Waals surface area contributed by atoms with Crippen molar-refractivity contribution in [3.8, 4) is 0 Å². The molecule has 4 heterocycles. The van der Waals surface area contributed by atoms with Crippen LogP contribution in [0.4, 0.5) is 24.8 Å². The second-order valence-corrected chi connectivity index (χ2v) is 13.8. The first kappa shape index (κ1) is 35.0. The number of aromatic nitrogens is 3. The normalized spacial score (nSPS) is 22.9. The van der Waals surface area contributed by atoms with E-state index in [0.29, 0.717) is 30.0 Å². The van der Waals surface area contributed by atoms with E-state index in [9.17, 15) is 18.0 Å². The highest BCUT2D eigenvalue weighted by Crippen LogP contribution is 2.40. The van der Waals surface area contributed by atoms with Crippen LogP contribution in [0.2, 0.25) is 0 Å². The maximum Gasteiger partial charge on any atom is 0.433 e. The van der Waals surface area contributed by atoms with E-state index < -0.39 is 11.9 Å². The standard InChI is InChI=1S/C37H51F3N6O/c1-5-25(11-12-27-10-8-9-24(27)4)19-32(45-31(7-3)29-13-16-41-33(21-29)37(38,39)40)28-14-17-46(18-15-28)36-34-26(6-2)20-30(47)22-42-35(34)43-23-44-36/h13,16,21,23-27H,5-12,14-15,17-20,22H2,1-4H3,(H,42,43,44). The van der Waals surface area contributed by atoms with Gasteiger partial charge in [-0.1, -0.05) is 53.4 Å². The first-order valence-electron chi connectivity index (χ1n) is 17.8. The van der Waals surface area contributed by atoms with Crippen molar-refractivity contribution in [1.82, 2.24) is 15.0 Å². The van der Waals surface area contributed by atoms with Gasteiger partial charge >= 0.3 is 6.18 Å². The number of hydrogen-bond donors (Lipinski definition) is 1. The highest BCUT2D eigenvalue weighted by Gasteiger charge is 2.33. The molecule has 2 aromatic rings. The molecule has 5 rings (SSSR count). The maximum atomic E-state index is 13.6. The summed E-state index contributed by atoms with van der Waals surface area (Å²) in [6.45, 7) is 10.5. The van der Waals surface area contributed by atoms with Gasteiger partial charge in [-0.25, -0.2) is 9.97 Å². The number of nitrogens with zero attached hydrogens (tertiary/aromatic N) is 5. The van der Waals surface area contributed by atoms with Crippen LogP contribution in [0.5, 0.6) is 0 Å². The third-order valence-electron chi connectivity index (χ3n) is 10.8. The van der Waals surface area contributed by atoms with Crippen LogP contribution in [0.3, 0.4) is 0 Å². The van der Waals surface area contributed by atoms with Crippen LogP contribution in [-0.4, -0.2) is 46.1 Å². The lowest BCUT2D eigenvalue weighted by atomic mass is 9.85. The molecule has 1 saturated carbocycles. The van der Waals surface area contributed by atoms with Crippen molar-refractivity contribution < 1.29 is 18.0 Å². The number of anilines is 2. The second kappa shape index (κ2) is 15.7. The van der Waals surface area contributed by atoms with Gasteiger partial charge in [0.1, 0.15) is 23.7 Å². The molecule has 10 heteroatoms. The number of aliphatic imine (C=N–C) groups is 1. The minimum absolute atomic E-state index is 0.0720. The lowest BCUT2D eigenvalue weighted by Crippen LogP contribution is -2.33. The zero-order chi connectivity index (χ0) is 33.6. The predicted octanol–water partition coefficient (Wildman–Crippen LogP) is 9.16. The molecule has 0 amide bonds. The molecular formula is C37H51F3N6O. The average Bonchev–Trinajstić information content (AvgIpc) is 3.41. The molecule has 1 saturated heterocycles. The molecule has 4 unspecified atom stereocenters. The number of ketones is 1. The number of pyridine rings is 1. The molecule has 1 aliphatic carbocycles. The van der Waals surface area contributed by atoms with E-state index in [-0.39, 0.29) is 18.2 Å². The van der Waals surface area contributed by atoms with E-state index >= 15 is 0 Å². The molecule has 3 aliphatic rings. The molecule has 7 nitrogen and oxygen atoms in total. The molecular weight excluding hydrogens is 601 g/mol. The van der Waals surface area contributed by atoms with Crippen LogP contribution in [-0.2, 0) is 11.0 Å². The van der Waals surface area contributed by atoms with E-state index in [0.717, 1.165) is 92.4 Å². The number of hydrogen-bond acceptors (Lipinski definition) is 7. The fraction of sp³-hybridized carbons (Fsp3) is 0.649. The molecule has 1 N–H and O–H groups in total. The SMILES string of the molecule is CCC(=NC(CC(CC)CCC1CCCC1C)=C1CCN(c2ncnc3c2C(CC)CC(=O)CN3)CC1)c1ccnc(C(F)(F)F)c1. The number of Topliss-reactive ketones (excluding diaryl/α,β-unsaturated/α-hetero) is 1. The zero-order valence-electron chi connectivity index (χ0n) is 28.5. The van der Waals surface area contributed by atoms with E-state index in [1.807, 2.05) is 6.92 Å². The number of halogens is 3. The van der Waals surface area contributed by atoms with Crippen molar-refractivity contribution in [2.24, 2.45) is 22.7 Å². The number of nitrogens with one attached hydrogen (secondary N) is 1. The lowest BCUT2D eigenvalue weighted by Gasteiger charge is -2.33. The molecule has 2 aliphatic heterocycles. The first-order valence-corrected chi connectivity index (χ1v) is 17.8. The third kappa shape index (κ3) is 8.60. The Morgan fingerprint density at radius 2 is 1.91 bits per heavy atom. The van der Waals surface area contributed by atoms with E-state index in [4.69, 9.17) is 9.98 Å². The van der Waals surface area contributed by atoms with Gasteiger partial charge in [0.2, 0.25) is 0 Å². The number of fused-ring (bicyclic) bond motifs is 1. The molecule has 256 valence electrons. The summed E-state index contributed by atoms with van der Waals surface area (Å²) in [5, 5.41) is 3.24. The van der Waals surface area contributed by atoms with Crippen LogP contribution in [0.1, 0.15) is 127 Å². The molecule has 2 fully saturated rings. The Balaban J connectivity index is 1.44. The van der Waals surface area contributed by atoms with Gasteiger partial charge < -0.3 is 10.2 Å². The monoisotopic (exact) mass is 652 g/mol. The Bertz CT molecular complexity index is 1440. The van der Waals surface area contributed by atoms with Crippen molar-refractivity contribution in [3.05, 3.63) is 52.7 Å². The van der Waals surface area contributed by atoms with Crippen LogP contribution in [0.15, 0.2) is 40.9 Å². The summed E-state index contributed by atoms with van der Waals surface area (Å²) in [6, 6.07) is 2.78. The smallest absolute Gasteiger partial charge is 0.363 e. The molecule has 47 heavy (non-hydrogen) atoms. The Morgan fingerprint density at radius 1 is 1.13 bits per heavy atom. The van der Waals surface area contributed by atoms with Gasteiger partial charge in [-0.05, 0) is 91.9 Å². The van der Waals surface area contributed by atoms with Crippen molar-refractivity contribution in [3.63, 3.8) is 0 Å². The number of carbonyl (C=O) groups is 1. The molecule has 0 spiro atoms. The van der Waals surface area contributed by atoms with Gasteiger partial charge in [-0.15, -0.1) is 0 Å². The summed E-state index contributed by atoms with van der Waals surface area (Å²) in [7, 11) is 0. The number of carbonyl (C=O) groups excluding carboxylic acids is 1. The van der Waals surface area contributed by atoms with Crippen molar-refractivity contribution >= 4 is 23.1 Å². The number of allylic oxidation sites excluding steroid dienone is 1. The Hall–Kier alpha value is -3.30. The van der Waals surface area contributed by atoms with Crippen LogP contribution >= 0.6 is 0 Å². The maximum absolute atomic E-state index is 13.6. The summed E-state index contributed by atoms with van der Waals surface area (Å²) >= 11 is 0. The third-order valence-corrected chi connectivity index (χ3v) is 10.8. The fourth-order valence-electron chi connectivity index (χ4n) is 7.78. The van der Waals surface area contributed by atoms with Gasteiger partial charge in [0.15, 0.2) is 5.78 Å². The highest BCUT2D eigenvalue weighted by atomic mass is 19.4. The van der Waals surface area contributed by atoms with E-state index in [1.54, 1.807) is 12.4 Å². The van der Waals surface area contributed by atoms with Crippen molar-refractivity contribution in [1.29, 1.82) is 0 Å². The number of rotatable bonds is 11.